The maximum Gasteiger partial charge on any atom is 0.226 e. The summed E-state index contributed by atoms with van der Waals surface area (Å²) >= 11 is 6.04. The summed E-state index contributed by atoms with van der Waals surface area (Å²) in [6.07, 6.45) is 1.29. The molecule has 0 spiro atoms. The van der Waals surface area contributed by atoms with Gasteiger partial charge in [0.15, 0.2) is 11.6 Å². The molecule has 1 unspecified atom stereocenters. The molecule has 1 N–H and O–H groups in total. The SMILES string of the molecule is COc1ccc(C2C3=C(CC(C)(C)CC3=O)Nc3nc(-c4ccc(Cl)cc4)nn32)cc1. The number of Topliss-reactive ketones (excluding diaryl/α,β-unsaturated/α-hetero) is 1. The lowest BCUT2D eigenvalue weighted by Gasteiger charge is -2.38. The van der Waals surface area contributed by atoms with Gasteiger partial charge in [0.25, 0.3) is 0 Å². The van der Waals surface area contributed by atoms with Gasteiger partial charge in [0.2, 0.25) is 5.95 Å². The quantitative estimate of drug-likeness (QED) is 0.608. The van der Waals surface area contributed by atoms with Crippen molar-refractivity contribution >= 4 is 23.3 Å². The zero-order valence-electron chi connectivity index (χ0n) is 17.6. The monoisotopic (exact) mass is 434 g/mol. The Morgan fingerprint density at radius 1 is 1.10 bits per heavy atom. The van der Waals surface area contributed by atoms with Gasteiger partial charge in [-0.3, -0.25) is 4.79 Å². The Hall–Kier alpha value is -3.12. The van der Waals surface area contributed by atoms with Gasteiger partial charge in [-0.25, -0.2) is 4.68 Å². The lowest BCUT2D eigenvalue weighted by molar-refractivity contribution is -0.118. The minimum atomic E-state index is -0.339. The standard InChI is InChI=1S/C24H23ClN4O2/c1-24(2)12-18-20(19(30)13-24)21(14-6-10-17(31-3)11-7-14)29-23(26-18)27-22(28-29)15-4-8-16(25)9-5-15/h4-11,21H,12-13H2,1-3H3,(H,26,27,28). The van der Waals surface area contributed by atoms with Crippen molar-refractivity contribution in [3.05, 3.63) is 70.4 Å². The first kappa shape index (κ1) is 19.8. The van der Waals surface area contributed by atoms with Crippen LogP contribution in [0.25, 0.3) is 11.4 Å². The highest BCUT2D eigenvalue weighted by Crippen LogP contribution is 2.45. The number of anilines is 1. The van der Waals surface area contributed by atoms with Crippen molar-refractivity contribution in [1.82, 2.24) is 14.8 Å². The largest absolute Gasteiger partial charge is 0.497 e. The number of allylic oxidation sites excluding steroid dienone is 2. The summed E-state index contributed by atoms with van der Waals surface area (Å²) in [5, 5.41) is 8.86. The molecule has 1 aromatic heterocycles. The number of ketones is 1. The fourth-order valence-electron chi connectivity index (χ4n) is 4.42. The van der Waals surface area contributed by atoms with Crippen LogP contribution in [-0.2, 0) is 4.79 Å². The fourth-order valence-corrected chi connectivity index (χ4v) is 4.55. The molecule has 0 bridgehead atoms. The van der Waals surface area contributed by atoms with Gasteiger partial charge < -0.3 is 10.1 Å². The molecule has 1 aliphatic carbocycles. The third-order valence-electron chi connectivity index (χ3n) is 5.87. The van der Waals surface area contributed by atoms with Gasteiger partial charge >= 0.3 is 0 Å². The molecule has 1 atom stereocenters. The van der Waals surface area contributed by atoms with Gasteiger partial charge in [-0.1, -0.05) is 37.6 Å². The summed E-state index contributed by atoms with van der Waals surface area (Å²) in [7, 11) is 1.64. The highest BCUT2D eigenvalue weighted by molar-refractivity contribution is 6.30. The number of benzene rings is 2. The number of hydrogen-bond acceptors (Lipinski definition) is 5. The molecule has 0 radical (unpaired) electrons. The van der Waals surface area contributed by atoms with Crippen molar-refractivity contribution in [1.29, 1.82) is 0 Å². The molecule has 0 saturated heterocycles. The summed E-state index contributed by atoms with van der Waals surface area (Å²) in [4.78, 5) is 18.0. The number of methoxy groups -OCH3 is 1. The molecule has 7 heteroatoms. The van der Waals surface area contributed by atoms with Crippen molar-refractivity contribution in [3.8, 4) is 17.1 Å². The molecule has 5 rings (SSSR count). The average Bonchev–Trinajstić information content (AvgIpc) is 3.15. The van der Waals surface area contributed by atoms with Gasteiger partial charge in [-0.2, -0.15) is 4.98 Å². The molecule has 2 aromatic carbocycles. The molecule has 1 aliphatic heterocycles. The van der Waals surface area contributed by atoms with E-state index in [1.807, 2.05) is 53.2 Å². The van der Waals surface area contributed by atoms with Crippen molar-refractivity contribution in [3.63, 3.8) is 0 Å². The van der Waals surface area contributed by atoms with Crippen LogP contribution in [0.3, 0.4) is 0 Å². The average molecular weight is 435 g/mol. The third kappa shape index (κ3) is 3.51. The number of hydrogen-bond donors (Lipinski definition) is 1. The van der Waals surface area contributed by atoms with E-state index in [2.05, 4.69) is 19.2 Å². The van der Waals surface area contributed by atoms with E-state index in [0.29, 0.717) is 23.2 Å². The number of halogens is 1. The number of fused-ring (bicyclic) bond motifs is 1. The summed E-state index contributed by atoms with van der Waals surface area (Å²) in [6.45, 7) is 4.24. The second kappa shape index (κ2) is 7.24. The maximum absolute atomic E-state index is 13.3. The van der Waals surface area contributed by atoms with Gasteiger partial charge in [0.05, 0.1) is 7.11 Å². The lowest BCUT2D eigenvalue weighted by atomic mass is 9.73. The third-order valence-corrected chi connectivity index (χ3v) is 6.12. The van der Waals surface area contributed by atoms with E-state index in [1.54, 1.807) is 7.11 Å². The van der Waals surface area contributed by atoms with E-state index >= 15 is 0 Å². The van der Waals surface area contributed by atoms with Crippen molar-refractivity contribution in [2.75, 3.05) is 12.4 Å². The van der Waals surface area contributed by atoms with E-state index in [9.17, 15) is 4.79 Å². The van der Waals surface area contributed by atoms with Crippen LogP contribution in [-0.4, -0.2) is 27.7 Å². The molecule has 2 aliphatic rings. The first-order valence-electron chi connectivity index (χ1n) is 10.2. The minimum Gasteiger partial charge on any atom is -0.497 e. The van der Waals surface area contributed by atoms with Crippen LogP contribution >= 0.6 is 11.6 Å². The fraction of sp³-hybridized carbons (Fsp3) is 0.292. The van der Waals surface area contributed by atoms with Gasteiger partial charge in [-0.15, -0.1) is 5.10 Å². The maximum atomic E-state index is 13.3. The Bertz CT molecular complexity index is 1190. The number of rotatable bonds is 3. The van der Waals surface area contributed by atoms with E-state index < -0.39 is 0 Å². The molecule has 31 heavy (non-hydrogen) atoms. The Morgan fingerprint density at radius 3 is 2.48 bits per heavy atom. The zero-order valence-corrected chi connectivity index (χ0v) is 18.4. The molecule has 158 valence electrons. The van der Waals surface area contributed by atoms with Crippen LogP contribution in [0.1, 0.15) is 38.3 Å². The molecule has 0 amide bonds. The lowest BCUT2D eigenvalue weighted by Crippen LogP contribution is -2.36. The second-order valence-corrected chi connectivity index (χ2v) is 9.28. The Kier molecular flexibility index (Phi) is 4.63. The van der Waals surface area contributed by atoms with Gasteiger partial charge in [-0.05, 0) is 53.8 Å². The van der Waals surface area contributed by atoms with Crippen LogP contribution in [0, 0.1) is 5.41 Å². The van der Waals surface area contributed by atoms with E-state index in [1.165, 1.54) is 0 Å². The van der Waals surface area contributed by atoms with Crippen LogP contribution in [0.5, 0.6) is 5.75 Å². The second-order valence-electron chi connectivity index (χ2n) is 8.84. The van der Waals surface area contributed by atoms with Gasteiger partial charge in [0, 0.05) is 28.3 Å². The molecule has 0 fully saturated rings. The van der Waals surface area contributed by atoms with Crippen LogP contribution < -0.4 is 10.1 Å². The number of nitrogens with zero attached hydrogens (tertiary/aromatic N) is 3. The highest BCUT2D eigenvalue weighted by atomic mass is 35.5. The van der Waals surface area contributed by atoms with Crippen molar-refractivity contribution in [2.24, 2.45) is 5.41 Å². The molecule has 2 heterocycles. The number of carbonyl (C=O) groups is 1. The summed E-state index contributed by atoms with van der Waals surface area (Å²) in [5.41, 5.74) is 3.44. The Labute approximate surface area is 185 Å². The van der Waals surface area contributed by atoms with Crippen molar-refractivity contribution in [2.45, 2.75) is 32.7 Å². The number of aromatic nitrogens is 3. The Morgan fingerprint density at radius 2 is 1.81 bits per heavy atom. The van der Waals surface area contributed by atoms with Crippen LogP contribution in [0.15, 0.2) is 59.8 Å². The summed E-state index contributed by atoms with van der Waals surface area (Å²) in [6, 6.07) is 14.9. The first-order chi connectivity index (χ1) is 14.8. The topological polar surface area (TPSA) is 69.0 Å². The van der Waals surface area contributed by atoms with Crippen LogP contribution in [0.4, 0.5) is 5.95 Å². The van der Waals surface area contributed by atoms with E-state index in [-0.39, 0.29) is 17.2 Å². The van der Waals surface area contributed by atoms with E-state index in [4.69, 9.17) is 26.4 Å². The normalized spacial score (nSPS) is 19.5. The minimum absolute atomic E-state index is 0.103. The zero-order chi connectivity index (χ0) is 21.8. The Balaban J connectivity index is 1.66. The molecular formula is C24H23ClN4O2. The van der Waals surface area contributed by atoms with Crippen LogP contribution in [0.2, 0.25) is 5.02 Å². The predicted molar refractivity (Wildman–Crippen MR) is 120 cm³/mol. The first-order valence-corrected chi connectivity index (χ1v) is 10.6. The molecule has 3 aromatic rings. The smallest absolute Gasteiger partial charge is 0.226 e. The predicted octanol–water partition coefficient (Wildman–Crippen LogP) is 5.27. The highest BCUT2D eigenvalue weighted by Gasteiger charge is 2.41. The number of nitrogens with one attached hydrogen (secondary N) is 1. The summed E-state index contributed by atoms with van der Waals surface area (Å²) in [5.74, 6) is 2.14. The molecular weight excluding hydrogens is 412 g/mol. The number of carbonyl (C=O) groups excluding carboxylic acids is 1. The van der Waals surface area contributed by atoms with E-state index in [0.717, 1.165) is 34.6 Å². The molecule has 6 nitrogen and oxygen atoms in total. The van der Waals surface area contributed by atoms with Crippen molar-refractivity contribution < 1.29 is 9.53 Å². The number of ether oxygens (including phenoxy) is 1. The summed E-state index contributed by atoms with van der Waals surface area (Å²) < 4.78 is 7.14. The van der Waals surface area contributed by atoms with Gasteiger partial charge in [0.1, 0.15) is 11.8 Å². The molecule has 0 saturated carbocycles.